The molecule has 84 valence electrons. The highest BCUT2D eigenvalue weighted by atomic mass is 16.2. The first-order valence-corrected chi connectivity index (χ1v) is 5.85. The fourth-order valence-corrected chi connectivity index (χ4v) is 2.51. The van der Waals surface area contributed by atoms with Crippen molar-refractivity contribution in [1.82, 2.24) is 10.2 Å². The van der Waals surface area contributed by atoms with Crippen LogP contribution in [0.2, 0.25) is 0 Å². The Kier molecular flexibility index (Phi) is 2.93. The first-order valence-electron chi connectivity index (χ1n) is 5.85. The molecule has 2 rings (SSSR count). The molecule has 15 heavy (non-hydrogen) atoms. The number of carbonyl (C=O) groups excluding carboxylic acids is 2. The van der Waals surface area contributed by atoms with Gasteiger partial charge in [-0.15, -0.1) is 0 Å². The first-order chi connectivity index (χ1) is 7.24. The average molecular weight is 210 g/mol. The number of hydrogen-bond donors (Lipinski definition) is 1. The van der Waals surface area contributed by atoms with Crippen LogP contribution in [0.5, 0.6) is 0 Å². The molecule has 0 radical (unpaired) electrons. The molecule has 2 aliphatic rings. The van der Waals surface area contributed by atoms with E-state index in [1.165, 1.54) is 4.90 Å². The summed E-state index contributed by atoms with van der Waals surface area (Å²) in [5.41, 5.74) is 0. The number of urea groups is 1. The quantitative estimate of drug-likeness (QED) is 0.751. The fraction of sp³-hybridized carbons (Fsp3) is 0.818. The van der Waals surface area contributed by atoms with Crippen LogP contribution in [0.1, 0.15) is 39.0 Å². The van der Waals surface area contributed by atoms with Gasteiger partial charge >= 0.3 is 6.03 Å². The van der Waals surface area contributed by atoms with Crippen molar-refractivity contribution >= 4 is 11.9 Å². The highest BCUT2D eigenvalue weighted by Gasteiger charge is 2.38. The molecule has 4 nitrogen and oxygen atoms in total. The standard InChI is InChI=1S/C11H18N2O2/c1-2-8-7-12-11(15)13(10(8)14)9-5-3-4-6-9/h8-9H,2-7H2,1H3,(H,12,15). The van der Waals surface area contributed by atoms with Gasteiger partial charge in [-0.1, -0.05) is 19.8 Å². The van der Waals surface area contributed by atoms with E-state index in [2.05, 4.69) is 5.32 Å². The van der Waals surface area contributed by atoms with Crippen molar-refractivity contribution in [2.24, 2.45) is 5.92 Å². The zero-order valence-electron chi connectivity index (χ0n) is 9.16. The maximum absolute atomic E-state index is 12.0. The van der Waals surface area contributed by atoms with Crippen LogP contribution >= 0.6 is 0 Å². The van der Waals surface area contributed by atoms with Crippen molar-refractivity contribution in [3.05, 3.63) is 0 Å². The van der Waals surface area contributed by atoms with Gasteiger partial charge < -0.3 is 5.32 Å². The second-order valence-corrected chi connectivity index (χ2v) is 4.44. The van der Waals surface area contributed by atoms with Gasteiger partial charge in [-0.05, 0) is 19.3 Å². The Hall–Kier alpha value is -1.06. The molecule has 2 fully saturated rings. The number of hydrogen-bond acceptors (Lipinski definition) is 2. The van der Waals surface area contributed by atoms with Crippen LogP contribution in [0.15, 0.2) is 0 Å². The first kappa shape index (κ1) is 10.5. The van der Waals surface area contributed by atoms with E-state index in [9.17, 15) is 9.59 Å². The lowest BCUT2D eigenvalue weighted by atomic mass is 10.0. The van der Waals surface area contributed by atoms with Gasteiger partial charge in [0.1, 0.15) is 0 Å². The molecule has 0 bridgehead atoms. The van der Waals surface area contributed by atoms with Crippen molar-refractivity contribution in [1.29, 1.82) is 0 Å². The van der Waals surface area contributed by atoms with Crippen molar-refractivity contribution < 1.29 is 9.59 Å². The summed E-state index contributed by atoms with van der Waals surface area (Å²) in [7, 11) is 0. The summed E-state index contributed by atoms with van der Waals surface area (Å²) in [6.07, 6.45) is 5.05. The van der Waals surface area contributed by atoms with Gasteiger partial charge in [0, 0.05) is 12.6 Å². The minimum absolute atomic E-state index is 0.0108. The van der Waals surface area contributed by atoms with Crippen molar-refractivity contribution in [2.45, 2.75) is 45.1 Å². The number of nitrogens with one attached hydrogen (secondary N) is 1. The van der Waals surface area contributed by atoms with Gasteiger partial charge in [0.25, 0.3) is 0 Å². The predicted octanol–water partition coefficient (Wildman–Crippen LogP) is 1.51. The van der Waals surface area contributed by atoms with Gasteiger partial charge in [-0.25, -0.2) is 4.79 Å². The van der Waals surface area contributed by atoms with E-state index in [4.69, 9.17) is 0 Å². The van der Waals surface area contributed by atoms with Crippen LogP contribution in [0, 0.1) is 5.92 Å². The number of amides is 3. The van der Waals surface area contributed by atoms with E-state index < -0.39 is 0 Å². The molecule has 3 amide bonds. The molecule has 1 N–H and O–H groups in total. The van der Waals surface area contributed by atoms with E-state index in [1.807, 2.05) is 6.92 Å². The summed E-state index contributed by atoms with van der Waals surface area (Å²) < 4.78 is 0. The molecule has 0 aromatic carbocycles. The summed E-state index contributed by atoms with van der Waals surface area (Å²) in [4.78, 5) is 25.1. The molecule has 4 heteroatoms. The molecule has 1 unspecified atom stereocenters. The van der Waals surface area contributed by atoms with E-state index >= 15 is 0 Å². The third kappa shape index (κ3) is 1.85. The van der Waals surface area contributed by atoms with Crippen molar-refractivity contribution in [3.8, 4) is 0 Å². The Balaban J connectivity index is 2.11. The van der Waals surface area contributed by atoms with E-state index in [1.54, 1.807) is 0 Å². The molecule has 1 aliphatic carbocycles. The molecular weight excluding hydrogens is 192 g/mol. The summed E-state index contributed by atoms with van der Waals surface area (Å²) in [6.45, 7) is 2.50. The number of rotatable bonds is 2. The highest BCUT2D eigenvalue weighted by Crippen LogP contribution is 2.26. The van der Waals surface area contributed by atoms with Gasteiger partial charge in [-0.2, -0.15) is 0 Å². The minimum atomic E-state index is -0.184. The Morgan fingerprint density at radius 2 is 2.00 bits per heavy atom. The fourth-order valence-electron chi connectivity index (χ4n) is 2.51. The van der Waals surface area contributed by atoms with Crippen molar-refractivity contribution in [2.75, 3.05) is 6.54 Å². The molecule has 1 atom stereocenters. The molecular formula is C11H18N2O2. The topological polar surface area (TPSA) is 49.4 Å². The molecule has 0 aromatic rings. The maximum Gasteiger partial charge on any atom is 0.324 e. The summed E-state index contributed by atoms with van der Waals surface area (Å²) in [6, 6.07) is -0.0246. The smallest absolute Gasteiger partial charge is 0.324 e. The second-order valence-electron chi connectivity index (χ2n) is 4.44. The zero-order valence-corrected chi connectivity index (χ0v) is 9.16. The summed E-state index contributed by atoms with van der Waals surface area (Å²) in [5.74, 6) is 0.0245. The van der Waals surface area contributed by atoms with Gasteiger partial charge in [0.2, 0.25) is 5.91 Å². The van der Waals surface area contributed by atoms with Crippen LogP contribution in [-0.4, -0.2) is 29.4 Å². The lowest BCUT2D eigenvalue weighted by molar-refractivity contribution is -0.135. The van der Waals surface area contributed by atoms with Gasteiger partial charge in [0.15, 0.2) is 0 Å². The lowest BCUT2D eigenvalue weighted by Gasteiger charge is -2.34. The zero-order chi connectivity index (χ0) is 10.8. The molecule has 1 aliphatic heterocycles. The van der Waals surface area contributed by atoms with E-state index in [0.717, 1.165) is 32.1 Å². The molecule has 1 heterocycles. The Labute approximate surface area is 90.0 Å². The minimum Gasteiger partial charge on any atom is -0.337 e. The molecule has 0 spiro atoms. The summed E-state index contributed by atoms with van der Waals surface area (Å²) in [5, 5.41) is 2.81. The predicted molar refractivity (Wildman–Crippen MR) is 56.3 cm³/mol. The number of nitrogens with zero attached hydrogens (tertiary/aromatic N) is 1. The maximum atomic E-state index is 12.0. The van der Waals surface area contributed by atoms with Crippen molar-refractivity contribution in [3.63, 3.8) is 0 Å². The van der Waals surface area contributed by atoms with Crippen LogP contribution < -0.4 is 5.32 Å². The van der Waals surface area contributed by atoms with Crippen LogP contribution in [-0.2, 0) is 4.79 Å². The van der Waals surface area contributed by atoms with E-state index in [0.29, 0.717) is 6.54 Å². The van der Waals surface area contributed by atoms with E-state index in [-0.39, 0.29) is 23.9 Å². The normalized spacial score (nSPS) is 28.3. The number of carbonyl (C=O) groups is 2. The SMILES string of the molecule is CCC1CNC(=O)N(C2CCCC2)C1=O. The lowest BCUT2D eigenvalue weighted by Crippen LogP contribution is -2.57. The molecule has 0 aromatic heterocycles. The van der Waals surface area contributed by atoms with Gasteiger partial charge in [-0.3, -0.25) is 9.69 Å². The largest absolute Gasteiger partial charge is 0.337 e. The van der Waals surface area contributed by atoms with Crippen LogP contribution in [0.3, 0.4) is 0 Å². The van der Waals surface area contributed by atoms with Crippen LogP contribution in [0.25, 0.3) is 0 Å². The summed E-state index contributed by atoms with van der Waals surface area (Å²) >= 11 is 0. The number of imide groups is 1. The Morgan fingerprint density at radius 1 is 1.33 bits per heavy atom. The third-order valence-corrected chi connectivity index (χ3v) is 3.49. The molecule has 1 saturated heterocycles. The van der Waals surface area contributed by atoms with Crippen LogP contribution in [0.4, 0.5) is 4.79 Å². The second kappa shape index (κ2) is 4.21. The average Bonchev–Trinajstić information content (AvgIpc) is 2.71. The van der Waals surface area contributed by atoms with Gasteiger partial charge in [0.05, 0.1) is 5.92 Å². The molecule has 1 saturated carbocycles. The Morgan fingerprint density at radius 3 is 2.60 bits per heavy atom. The highest BCUT2D eigenvalue weighted by molar-refractivity contribution is 5.98. The Bertz CT molecular complexity index is 272. The third-order valence-electron chi connectivity index (χ3n) is 3.49. The monoisotopic (exact) mass is 210 g/mol.